The average Bonchev–Trinajstić information content (AvgIpc) is 2.42. The molecule has 1 aliphatic heterocycles. The third-order valence-electron chi connectivity index (χ3n) is 3.87. The first-order valence-electron chi connectivity index (χ1n) is 7.06. The molecule has 0 radical (unpaired) electrons. The minimum absolute atomic E-state index is 0.269. The molecule has 106 valence electrons. The number of aromatic hydroxyl groups is 1. The minimum Gasteiger partial charge on any atom is -0.505 e. The quantitative estimate of drug-likeness (QED) is 0.859. The van der Waals surface area contributed by atoms with Crippen molar-refractivity contribution in [1.29, 1.82) is 0 Å². The highest BCUT2D eigenvalue weighted by atomic mass is 19.1. The molecule has 0 aliphatic carbocycles. The van der Waals surface area contributed by atoms with Crippen molar-refractivity contribution in [3.05, 3.63) is 29.6 Å². The van der Waals surface area contributed by atoms with Gasteiger partial charge in [-0.3, -0.25) is 4.90 Å². The number of piperidine rings is 1. The SMILES string of the molecule is CNCCC1CCCCN1Cc1ccc(O)c(F)c1. The van der Waals surface area contributed by atoms with Gasteiger partial charge in [0.15, 0.2) is 11.6 Å². The Bertz CT molecular complexity index is 411. The average molecular weight is 266 g/mol. The molecule has 1 aliphatic rings. The predicted octanol–water partition coefficient (Wildman–Crippen LogP) is 2.50. The first-order valence-corrected chi connectivity index (χ1v) is 7.06. The Kier molecular flexibility index (Phi) is 5.16. The normalized spacial score (nSPS) is 20.6. The molecule has 4 heteroatoms. The largest absolute Gasteiger partial charge is 0.505 e. The number of halogens is 1. The maximum Gasteiger partial charge on any atom is 0.165 e. The van der Waals surface area contributed by atoms with Gasteiger partial charge in [0.25, 0.3) is 0 Å². The van der Waals surface area contributed by atoms with Gasteiger partial charge in [-0.05, 0) is 57.1 Å². The van der Waals surface area contributed by atoms with Crippen molar-refractivity contribution in [2.45, 2.75) is 38.3 Å². The Hall–Kier alpha value is -1.13. The third-order valence-corrected chi connectivity index (χ3v) is 3.87. The van der Waals surface area contributed by atoms with E-state index in [1.165, 1.54) is 31.4 Å². The van der Waals surface area contributed by atoms with Crippen LogP contribution < -0.4 is 5.32 Å². The molecule has 1 heterocycles. The van der Waals surface area contributed by atoms with E-state index in [9.17, 15) is 9.50 Å². The molecule has 0 aromatic heterocycles. The van der Waals surface area contributed by atoms with Gasteiger partial charge < -0.3 is 10.4 Å². The molecule has 0 amide bonds. The van der Waals surface area contributed by atoms with Crippen molar-refractivity contribution in [2.75, 3.05) is 20.1 Å². The van der Waals surface area contributed by atoms with E-state index >= 15 is 0 Å². The Morgan fingerprint density at radius 2 is 2.26 bits per heavy atom. The lowest BCUT2D eigenvalue weighted by Crippen LogP contribution is -2.40. The minimum atomic E-state index is -0.527. The van der Waals surface area contributed by atoms with Crippen LogP contribution >= 0.6 is 0 Å². The molecule has 1 saturated heterocycles. The summed E-state index contributed by atoms with van der Waals surface area (Å²) in [7, 11) is 1.97. The van der Waals surface area contributed by atoms with Gasteiger partial charge in [0.1, 0.15) is 0 Å². The smallest absolute Gasteiger partial charge is 0.165 e. The van der Waals surface area contributed by atoms with Crippen LogP contribution in [0, 0.1) is 5.82 Å². The van der Waals surface area contributed by atoms with Gasteiger partial charge >= 0.3 is 0 Å². The molecule has 1 aromatic rings. The van der Waals surface area contributed by atoms with Crippen molar-refractivity contribution < 1.29 is 9.50 Å². The van der Waals surface area contributed by atoms with Crippen molar-refractivity contribution in [3.8, 4) is 5.75 Å². The van der Waals surface area contributed by atoms with Crippen LogP contribution in [0.1, 0.15) is 31.2 Å². The second kappa shape index (κ2) is 6.87. The van der Waals surface area contributed by atoms with Gasteiger partial charge in [-0.1, -0.05) is 12.5 Å². The summed E-state index contributed by atoms with van der Waals surface area (Å²) in [6, 6.07) is 5.27. The predicted molar refractivity (Wildman–Crippen MR) is 74.7 cm³/mol. The van der Waals surface area contributed by atoms with E-state index < -0.39 is 5.82 Å². The van der Waals surface area contributed by atoms with E-state index in [-0.39, 0.29) is 5.75 Å². The number of benzene rings is 1. The van der Waals surface area contributed by atoms with Crippen molar-refractivity contribution in [1.82, 2.24) is 10.2 Å². The summed E-state index contributed by atoms with van der Waals surface area (Å²) in [6.45, 7) is 2.87. The molecular formula is C15H23FN2O. The van der Waals surface area contributed by atoms with Crippen molar-refractivity contribution >= 4 is 0 Å². The molecule has 19 heavy (non-hydrogen) atoms. The van der Waals surface area contributed by atoms with Crippen LogP contribution in [0.3, 0.4) is 0 Å². The number of hydrogen-bond acceptors (Lipinski definition) is 3. The first kappa shape index (κ1) is 14.3. The molecule has 1 atom stereocenters. The monoisotopic (exact) mass is 266 g/mol. The second-order valence-corrected chi connectivity index (χ2v) is 5.30. The molecule has 3 nitrogen and oxygen atoms in total. The number of phenolic OH excluding ortho intramolecular Hbond substituents is 1. The summed E-state index contributed by atoms with van der Waals surface area (Å²) >= 11 is 0. The zero-order chi connectivity index (χ0) is 13.7. The Morgan fingerprint density at radius 1 is 1.42 bits per heavy atom. The van der Waals surface area contributed by atoms with Crippen LogP contribution in [-0.2, 0) is 6.54 Å². The van der Waals surface area contributed by atoms with E-state index in [2.05, 4.69) is 10.2 Å². The number of likely N-dealkylation sites (tertiary alicyclic amines) is 1. The van der Waals surface area contributed by atoms with Crippen LogP contribution in [-0.4, -0.2) is 36.2 Å². The zero-order valence-electron chi connectivity index (χ0n) is 11.5. The van der Waals surface area contributed by atoms with E-state index in [1.54, 1.807) is 0 Å². The van der Waals surface area contributed by atoms with Gasteiger partial charge in [-0.2, -0.15) is 0 Å². The van der Waals surface area contributed by atoms with Crippen LogP contribution in [0.2, 0.25) is 0 Å². The number of nitrogens with zero attached hydrogens (tertiary/aromatic N) is 1. The molecule has 1 aromatic carbocycles. The number of phenols is 1. The zero-order valence-corrected chi connectivity index (χ0v) is 11.5. The van der Waals surface area contributed by atoms with E-state index in [4.69, 9.17) is 0 Å². The lowest BCUT2D eigenvalue weighted by atomic mass is 9.98. The van der Waals surface area contributed by atoms with Crippen LogP contribution in [0.15, 0.2) is 18.2 Å². The topological polar surface area (TPSA) is 35.5 Å². The first-order chi connectivity index (χ1) is 9.20. The fourth-order valence-corrected chi connectivity index (χ4v) is 2.79. The molecular weight excluding hydrogens is 243 g/mol. The molecule has 1 fully saturated rings. The maximum atomic E-state index is 13.4. The second-order valence-electron chi connectivity index (χ2n) is 5.30. The highest BCUT2D eigenvalue weighted by Crippen LogP contribution is 2.23. The number of hydrogen-bond donors (Lipinski definition) is 2. The van der Waals surface area contributed by atoms with Crippen LogP contribution in [0.5, 0.6) is 5.75 Å². The lowest BCUT2D eigenvalue weighted by Gasteiger charge is -2.36. The van der Waals surface area contributed by atoms with Crippen molar-refractivity contribution in [3.63, 3.8) is 0 Å². The third kappa shape index (κ3) is 3.91. The standard InChI is InChI=1S/C15H23FN2O/c1-17-8-7-13-4-2-3-9-18(13)11-12-5-6-15(19)14(16)10-12/h5-6,10,13,17,19H,2-4,7-9,11H2,1H3. The number of nitrogens with one attached hydrogen (secondary N) is 1. The Balaban J connectivity index is 1.99. The molecule has 0 bridgehead atoms. The highest BCUT2D eigenvalue weighted by Gasteiger charge is 2.22. The molecule has 2 rings (SSSR count). The van der Waals surface area contributed by atoms with Crippen molar-refractivity contribution in [2.24, 2.45) is 0 Å². The van der Waals surface area contributed by atoms with E-state index in [0.717, 1.165) is 31.6 Å². The summed E-state index contributed by atoms with van der Waals surface area (Å²) in [5, 5.41) is 12.4. The molecule has 1 unspecified atom stereocenters. The molecule has 2 N–H and O–H groups in total. The summed E-state index contributed by atoms with van der Waals surface area (Å²) < 4.78 is 13.4. The van der Waals surface area contributed by atoms with Crippen LogP contribution in [0.4, 0.5) is 4.39 Å². The van der Waals surface area contributed by atoms with Gasteiger partial charge in [-0.15, -0.1) is 0 Å². The Labute approximate surface area is 114 Å². The highest BCUT2D eigenvalue weighted by molar-refractivity contribution is 5.28. The lowest BCUT2D eigenvalue weighted by molar-refractivity contribution is 0.132. The summed E-state index contributed by atoms with van der Waals surface area (Å²) in [4.78, 5) is 2.44. The fourth-order valence-electron chi connectivity index (χ4n) is 2.79. The van der Waals surface area contributed by atoms with Crippen LogP contribution in [0.25, 0.3) is 0 Å². The fraction of sp³-hybridized carbons (Fsp3) is 0.600. The van der Waals surface area contributed by atoms with E-state index in [1.807, 2.05) is 13.1 Å². The number of rotatable bonds is 5. The van der Waals surface area contributed by atoms with Gasteiger partial charge in [0.2, 0.25) is 0 Å². The van der Waals surface area contributed by atoms with Gasteiger partial charge in [-0.25, -0.2) is 4.39 Å². The molecule has 0 spiro atoms. The summed E-state index contributed by atoms with van der Waals surface area (Å²) in [6.07, 6.45) is 4.87. The maximum absolute atomic E-state index is 13.4. The van der Waals surface area contributed by atoms with Gasteiger partial charge in [0, 0.05) is 12.6 Å². The Morgan fingerprint density at radius 3 is 3.00 bits per heavy atom. The summed E-state index contributed by atoms with van der Waals surface area (Å²) in [5.74, 6) is -0.796. The summed E-state index contributed by atoms with van der Waals surface area (Å²) in [5.41, 5.74) is 0.937. The van der Waals surface area contributed by atoms with E-state index in [0.29, 0.717) is 6.04 Å². The van der Waals surface area contributed by atoms with Gasteiger partial charge in [0.05, 0.1) is 0 Å². The molecule has 0 saturated carbocycles.